The highest BCUT2D eigenvalue weighted by molar-refractivity contribution is 9.10. The predicted octanol–water partition coefficient (Wildman–Crippen LogP) is 2.32. The molecule has 0 aliphatic carbocycles. The van der Waals surface area contributed by atoms with Crippen molar-refractivity contribution in [2.45, 2.75) is 25.3 Å². The summed E-state index contributed by atoms with van der Waals surface area (Å²) in [5, 5.41) is 22.6. The molecule has 0 bridgehead atoms. The molecule has 1 aliphatic rings. The number of halogens is 1. The Morgan fingerprint density at radius 1 is 1.52 bits per heavy atom. The number of thiophene rings is 1. The molecule has 21 heavy (non-hydrogen) atoms. The van der Waals surface area contributed by atoms with Crippen LogP contribution in [0.3, 0.4) is 0 Å². The molecule has 1 saturated heterocycles. The van der Waals surface area contributed by atoms with E-state index in [1.54, 1.807) is 16.0 Å². The van der Waals surface area contributed by atoms with E-state index in [1.165, 1.54) is 0 Å². The van der Waals surface area contributed by atoms with Crippen molar-refractivity contribution in [1.29, 1.82) is 0 Å². The van der Waals surface area contributed by atoms with Gasteiger partial charge >= 0.3 is 5.97 Å². The van der Waals surface area contributed by atoms with E-state index >= 15 is 0 Å². The van der Waals surface area contributed by atoms with Crippen LogP contribution < -0.4 is 5.32 Å². The number of carbonyl (C=O) groups is 1. The topological polar surface area (TPSA) is 80.0 Å². The first-order valence-electron chi connectivity index (χ1n) is 6.75. The van der Waals surface area contributed by atoms with E-state index in [0.717, 1.165) is 41.0 Å². The number of hydrogen-bond donors (Lipinski definition) is 2. The van der Waals surface area contributed by atoms with Crippen LogP contribution in [-0.2, 0) is 6.54 Å². The molecule has 3 heterocycles. The first-order chi connectivity index (χ1) is 10.1. The molecule has 0 saturated carbocycles. The quantitative estimate of drug-likeness (QED) is 0.862. The molecule has 1 aliphatic heterocycles. The third-order valence-corrected chi connectivity index (χ3v) is 5.31. The van der Waals surface area contributed by atoms with Gasteiger partial charge in [-0.3, -0.25) is 0 Å². The van der Waals surface area contributed by atoms with Crippen molar-refractivity contribution in [2.75, 3.05) is 13.1 Å². The van der Waals surface area contributed by atoms with Crippen LogP contribution in [0.2, 0.25) is 0 Å². The molecule has 2 aromatic rings. The van der Waals surface area contributed by atoms with Crippen molar-refractivity contribution in [3.05, 3.63) is 32.2 Å². The Bertz CT molecular complexity index is 648. The maximum atomic E-state index is 11.4. The van der Waals surface area contributed by atoms with Gasteiger partial charge in [0.15, 0.2) is 5.69 Å². The molecule has 0 unspecified atom stereocenters. The highest BCUT2D eigenvalue weighted by atomic mass is 79.9. The molecule has 0 amide bonds. The number of carboxylic acid groups (broad SMARTS) is 1. The van der Waals surface area contributed by atoms with E-state index < -0.39 is 5.97 Å². The van der Waals surface area contributed by atoms with Gasteiger partial charge in [0.1, 0.15) is 0 Å². The van der Waals surface area contributed by atoms with Gasteiger partial charge in [0, 0.05) is 20.6 Å². The van der Waals surface area contributed by atoms with Crippen molar-refractivity contribution in [3.63, 3.8) is 0 Å². The lowest BCUT2D eigenvalue weighted by Gasteiger charge is -2.23. The molecule has 2 N–H and O–H groups in total. The van der Waals surface area contributed by atoms with Gasteiger partial charge in [-0.15, -0.1) is 16.4 Å². The molecule has 2 aromatic heterocycles. The fourth-order valence-electron chi connectivity index (χ4n) is 2.67. The average molecular weight is 371 g/mol. The number of aromatic nitrogens is 3. The van der Waals surface area contributed by atoms with Crippen molar-refractivity contribution in [2.24, 2.45) is 0 Å². The summed E-state index contributed by atoms with van der Waals surface area (Å²) in [6.07, 6.45) is 1.84. The van der Waals surface area contributed by atoms with Crippen molar-refractivity contribution in [3.8, 4) is 0 Å². The van der Waals surface area contributed by atoms with Gasteiger partial charge in [-0.2, -0.15) is 0 Å². The minimum atomic E-state index is -0.998. The summed E-state index contributed by atoms with van der Waals surface area (Å²) in [7, 11) is 0. The molecule has 8 heteroatoms. The molecule has 0 spiro atoms. The SMILES string of the molecule is O=C(O)c1nnn(Cc2cc(Br)cs2)c1C1CCNCC1. The molecule has 1 fully saturated rings. The van der Waals surface area contributed by atoms with Gasteiger partial charge < -0.3 is 10.4 Å². The maximum absolute atomic E-state index is 11.4. The van der Waals surface area contributed by atoms with E-state index in [4.69, 9.17) is 0 Å². The highest BCUT2D eigenvalue weighted by Gasteiger charge is 2.27. The molecule has 3 rings (SSSR count). The summed E-state index contributed by atoms with van der Waals surface area (Å²) in [6, 6.07) is 2.03. The number of aromatic carboxylic acids is 1. The molecule has 112 valence electrons. The molecular weight excluding hydrogens is 356 g/mol. The molecule has 6 nitrogen and oxygen atoms in total. The molecule has 0 radical (unpaired) electrons. The highest BCUT2D eigenvalue weighted by Crippen LogP contribution is 2.29. The van der Waals surface area contributed by atoms with Crippen LogP contribution in [-0.4, -0.2) is 39.2 Å². The summed E-state index contributed by atoms with van der Waals surface area (Å²) in [6.45, 7) is 2.37. The van der Waals surface area contributed by atoms with Crippen LogP contribution in [0.4, 0.5) is 0 Å². The lowest BCUT2D eigenvalue weighted by Crippen LogP contribution is -2.28. The smallest absolute Gasteiger partial charge is 0.358 e. The molecular formula is C13H15BrN4O2S. The van der Waals surface area contributed by atoms with E-state index in [-0.39, 0.29) is 11.6 Å². The van der Waals surface area contributed by atoms with Gasteiger partial charge in [0.05, 0.1) is 12.2 Å². The summed E-state index contributed by atoms with van der Waals surface area (Å²) in [5.41, 5.74) is 0.853. The Balaban J connectivity index is 1.93. The summed E-state index contributed by atoms with van der Waals surface area (Å²) >= 11 is 5.05. The lowest BCUT2D eigenvalue weighted by atomic mass is 9.93. The summed E-state index contributed by atoms with van der Waals surface area (Å²) < 4.78 is 2.78. The fourth-order valence-corrected chi connectivity index (χ4v) is 4.11. The fraction of sp³-hybridized carbons (Fsp3) is 0.462. The zero-order chi connectivity index (χ0) is 14.8. The first-order valence-corrected chi connectivity index (χ1v) is 8.42. The molecule has 0 atom stereocenters. The zero-order valence-electron chi connectivity index (χ0n) is 11.3. The number of nitrogens with zero attached hydrogens (tertiary/aromatic N) is 3. The van der Waals surface area contributed by atoms with Crippen LogP contribution in [0.15, 0.2) is 15.9 Å². The Kier molecular flexibility index (Phi) is 4.37. The van der Waals surface area contributed by atoms with Gasteiger partial charge in [0.2, 0.25) is 0 Å². The lowest BCUT2D eigenvalue weighted by molar-refractivity contribution is 0.0688. The summed E-state index contributed by atoms with van der Waals surface area (Å²) in [5.74, 6) is -0.794. The van der Waals surface area contributed by atoms with E-state index in [0.29, 0.717) is 6.54 Å². The third kappa shape index (κ3) is 3.17. The largest absolute Gasteiger partial charge is 0.476 e. The average Bonchev–Trinajstić information content (AvgIpc) is 3.07. The van der Waals surface area contributed by atoms with Gasteiger partial charge in [-0.25, -0.2) is 9.48 Å². The molecule has 0 aromatic carbocycles. The monoisotopic (exact) mass is 370 g/mol. The van der Waals surface area contributed by atoms with Gasteiger partial charge in [-0.1, -0.05) is 5.21 Å². The number of piperidine rings is 1. The van der Waals surface area contributed by atoms with Gasteiger partial charge in [0.25, 0.3) is 0 Å². The Morgan fingerprint density at radius 3 is 2.90 bits per heavy atom. The minimum absolute atomic E-state index is 0.0949. The second kappa shape index (κ2) is 6.25. The Hall–Kier alpha value is -1.25. The van der Waals surface area contributed by atoms with Gasteiger partial charge in [-0.05, 0) is 47.9 Å². The minimum Gasteiger partial charge on any atom is -0.476 e. The van der Waals surface area contributed by atoms with E-state index in [1.807, 2.05) is 11.4 Å². The third-order valence-electron chi connectivity index (χ3n) is 3.63. The van der Waals surface area contributed by atoms with E-state index in [9.17, 15) is 9.90 Å². The first kappa shape index (κ1) is 14.7. The second-order valence-corrected chi connectivity index (χ2v) is 6.95. The predicted molar refractivity (Wildman–Crippen MR) is 82.9 cm³/mol. The summed E-state index contributed by atoms with van der Waals surface area (Å²) in [4.78, 5) is 12.5. The van der Waals surface area contributed by atoms with Crippen LogP contribution in [0.1, 0.15) is 39.8 Å². The maximum Gasteiger partial charge on any atom is 0.358 e. The van der Waals surface area contributed by atoms with Crippen LogP contribution in [0.25, 0.3) is 0 Å². The van der Waals surface area contributed by atoms with Crippen LogP contribution in [0, 0.1) is 0 Å². The van der Waals surface area contributed by atoms with Crippen molar-refractivity contribution < 1.29 is 9.90 Å². The van der Waals surface area contributed by atoms with Crippen LogP contribution >= 0.6 is 27.3 Å². The normalized spacial score (nSPS) is 16.2. The van der Waals surface area contributed by atoms with Crippen LogP contribution in [0.5, 0.6) is 0 Å². The Morgan fingerprint density at radius 2 is 2.29 bits per heavy atom. The number of nitrogens with one attached hydrogen (secondary N) is 1. The van der Waals surface area contributed by atoms with Crippen molar-refractivity contribution >= 4 is 33.2 Å². The second-order valence-electron chi connectivity index (χ2n) is 5.04. The standard InChI is InChI=1S/C13H15BrN4O2S/c14-9-5-10(21-7-9)6-18-12(8-1-3-15-4-2-8)11(13(19)20)16-17-18/h5,7-8,15H,1-4,6H2,(H,19,20). The zero-order valence-corrected chi connectivity index (χ0v) is 13.7. The number of hydrogen-bond acceptors (Lipinski definition) is 5. The van der Waals surface area contributed by atoms with Crippen molar-refractivity contribution in [1.82, 2.24) is 20.3 Å². The number of carboxylic acids is 1. The Labute approximate surface area is 134 Å². The van der Waals surface area contributed by atoms with E-state index in [2.05, 4.69) is 31.6 Å². The number of rotatable bonds is 4.